The fraction of sp³-hybridized carbons (Fsp3) is 0.250. The second-order valence-electron chi connectivity index (χ2n) is 4.19. The van der Waals surface area contributed by atoms with Crippen LogP contribution < -0.4 is 5.32 Å². The van der Waals surface area contributed by atoms with Gasteiger partial charge in [0.25, 0.3) is 0 Å². The van der Waals surface area contributed by atoms with Crippen molar-refractivity contribution in [2.45, 2.75) is 13.0 Å². The van der Waals surface area contributed by atoms with Gasteiger partial charge < -0.3 is 14.4 Å². The minimum Gasteiger partial charge on any atom is -0.357 e. The molecule has 0 aliphatic rings. The van der Waals surface area contributed by atoms with Gasteiger partial charge in [0, 0.05) is 7.05 Å². The van der Waals surface area contributed by atoms with Crippen molar-refractivity contribution in [2.75, 3.05) is 5.32 Å². The third-order valence-corrected chi connectivity index (χ3v) is 2.86. The first kappa shape index (κ1) is 10.8. The number of rotatable bonds is 3. The summed E-state index contributed by atoms with van der Waals surface area (Å²) in [6, 6.07) is 7.74. The molecule has 0 radical (unpaired) electrons. The maximum atomic E-state index is 5.24. The van der Waals surface area contributed by atoms with Crippen LogP contribution in [0.15, 0.2) is 35.1 Å². The van der Waals surface area contributed by atoms with Crippen molar-refractivity contribution in [3.8, 4) is 0 Å². The zero-order valence-corrected chi connectivity index (χ0v) is 10.2. The molecular weight excluding hydrogens is 230 g/mol. The van der Waals surface area contributed by atoms with Crippen molar-refractivity contribution >= 4 is 16.8 Å². The molecule has 2 heterocycles. The molecule has 3 rings (SSSR count). The molecule has 2 aromatic heterocycles. The summed E-state index contributed by atoms with van der Waals surface area (Å²) in [6.07, 6.45) is 1.68. The number of fused-ring (bicyclic) bond motifs is 1. The van der Waals surface area contributed by atoms with Crippen molar-refractivity contribution in [3.63, 3.8) is 0 Å². The molecule has 1 N–H and O–H groups in total. The first-order valence-electron chi connectivity index (χ1n) is 5.70. The molecule has 0 bridgehead atoms. The Balaban J connectivity index is 1.91. The largest absolute Gasteiger partial charge is 0.357 e. The third kappa shape index (κ3) is 1.71. The van der Waals surface area contributed by atoms with Gasteiger partial charge >= 0.3 is 0 Å². The van der Waals surface area contributed by atoms with Crippen molar-refractivity contribution in [2.24, 2.45) is 7.05 Å². The van der Waals surface area contributed by atoms with E-state index in [0.29, 0.717) is 0 Å². The monoisotopic (exact) mass is 243 g/mol. The molecule has 0 spiro atoms. The molecule has 3 aromatic rings. The summed E-state index contributed by atoms with van der Waals surface area (Å²) in [5.41, 5.74) is 0.769. The Bertz CT molecular complexity index is 672. The maximum Gasteiger partial charge on any atom is 0.177 e. The highest BCUT2D eigenvalue weighted by Gasteiger charge is 2.14. The second kappa shape index (κ2) is 4.14. The molecule has 6 heteroatoms. The Hall–Kier alpha value is -2.37. The summed E-state index contributed by atoms with van der Waals surface area (Å²) in [6.45, 7) is 2.01. The number of nitrogens with one attached hydrogen (secondary N) is 1. The Morgan fingerprint density at radius 2 is 2.17 bits per heavy atom. The fourth-order valence-electron chi connectivity index (χ4n) is 1.94. The van der Waals surface area contributed by atoms with Crippen molar-refractivity contribution in [1.82, 2.24) is 19.9 Å². The smallest absolute Gasteiger partial charge is 0.177 e. The van der Waals surface area contributed by atoms with Crippen LogP contribution in [0.3, 0.4) is 0 Å². The molecule has 0 aliphatic heterocycles. The van der Waals surface area contributed by atoms with E-state index in [2.05, 4.69) is 20.7 Å². The highest BCUT2D eigenvalue weighted by Crippen LogP contribution is 2.25. The van der Waals surface area contributed by atoms with Gasteiger partial charge in [-0.05, 0) is 19.1 Å². The van der Waals surface area contributed by atoms with Crippen LogP contribution in [0.1, 0.15) is 18.8 Å². The predicted molar refractivity (Wildman–Crippen MR) is 67.0 cm³/mol. The Morgan fingerprint density at radius 3 is 2.94 bits per heavy atom. The van der Waals surface area contributed by atoms with Crippen LogP contribution >= 0.6 is 0 Å². The van der Waals surface area contributed by atoms with Crippen LogP contribution in [0.25, 0.3) is 11.0 Å². The van der Waals surface area contributed by atoms with Gasteiger partial charge in [-0.15, -0.1) is 10.2 Å². The van der Waals surface area contributed by atoms with Crippen LogP contribution in [0.4, 0.5) is 5.82 Å². The first-order chi connectivity index (χ1) is 8.75. The summed E-state index contributed by atoms with van der Waals surface area (Å²) in [5.74, 6) is 1.57. The molecule has 0 aliphatic carbocycles. The molecule has 1 aromatic carbocycles. The molecule has 0 saturated heterocycles. The molecule has 0 saturated carbocycles. The lowest BCUT2D eigenvalue weighted by Gasteiger charge is -2.11. The highest BCUT2D eigenvalue weighted by atomic mass is 16.5. The lowest BCUT2D eigenvalue weighted by Crippen LogP contribution is -2.12. The van der Waals surface area contributed by atoms with Crippen molar-refractivity contribution < 1.29 is 4.52 Å². The number of anilines is 1. The first-order valence-corrected chi connectivity index (χ1v) is 5.70. The van der Waals surface area contributed by atoms with Gasteiger partial charge in [-0.25, -0.2) is 0 Å². The average molecular weight is 243 g/mol. The zero-order chi connectivity index (χ0) is 12.5. The number of para-hydroxylation sites is 1. The molecule has 0 fully saturated rings. The standard InChI is InChI=1S/C12H13N5O/c1-8(12-15-13-7-17(12)2)14-11-9-5-3-4-6-10(9)18-16-11/h3-8H,1-2H3,(H,14,16). The van der Waals surface area contributed by atoms with Crippen molar-refractivity contribution in [1.29, 1.82) is 0 Å². The predicted octanol–water partition coefficient (Wildman–Crippen LogP) is 2.13. The summed E-state index contributed by atoms with van der Waals surface area (Å²) in [7, 11) is 1.91. The van der Waals surface area contributed by atoms with E-state index in [1.165, 1.54) is 0 Å². The van der Waals surface area contributed by atoms with Gasteiger partial charge in [0.15, 0.2) is 17.2 Å². The lowest BCUT2D eigenvalue weighted by molar-refractivity contribution is 0.458. The van der Waals surface area contributed by atoms with Gasteiger partial charge in [-0.1, -0.05) is 17.3 Å². The zero-order valence-electron chi connectivity index (χ0n) is 10.2. The van der Waals surface area contributed by atoms with Gasteiger partial charge in [0.1, 0.15) is 6.33 Å². The summed E-state index contributed by atoms with van der Waals surface area (Å²) < 4.78 is 7.12. The molecule has 92 valence electrons. The van der Waals surface area contributed by atoms with E-state index in [1.54, 1.807) is 6.33 Å². The van der Waals surface area contributed by atoms with Crippen LogP contribution in [-0.2, 0) is 7.05 Å². The fourth-order valence-corrected chi connectivity index (χ4v) is 1.94. The van der Waals surface area contributed by atoms with Crippen LogP contribution in [0.2, 0.25) is 0 Å². The summed E-state index contributed by atoms with van der Waals surface area (Å²) in [5, 5.41) is 16.2. The quantitative estimate of drug-likeness (QED) is 0.763. The summed E-state index contributed by atoms with van der Waals surface area (Å²) in [4.78, 5) is 0. The normalized spacial score (nSPS) is 12.8. The Kier molecular flexibility index (Phi) is 2.47. The summed E-state index contributed by atoms with van der Waals surface area (Å²) >= 11 is 0. The van der Waals surface area contributed by atoms with E-state index in [-0.39, 0.29) is 6.04 Å². The van der Waals surface area contributed by atoms with Crippen LogP contribution in [0, 0.1) is 0 Å². The Morgan fingerprint density at radius 1 is 1.33 bits per heavy atom. The van der Waals surface area contributed by atoms with Gasteiger partial charge in [-0.2, -0.15) is 0 Å². The number of nitrogens with zero attached hydrogens (tertiary/aromatic N) is 4. The highest BCUT2D eigenvalue weighted by molar-refractivity contribution is 5.87. The van der Waals surface area contributed by atoms with E-state index in [0.717, 1.165) is 22.6 Å². The number of aryl methyl sites for hydroxylation is 1. The topological polar surface area (TPSA) is 68.8 Å². The van der Waals surface area contributed by atoms with E-state index in [9.17, 15) is 0 Å². The SMILES string of the molecule is CC(Nc1noc2ccccc12)c1nncn1C. The van der Waals surface area contributed by atoms with Crippen molar-refractivity contribution in [3.05, 3.63) is 36.4 Å². The maximum absolute atomic E-state index is 5.24. The molecule has 6 nitrogen and oxygen atoms in total. The minimum atomic E-state index is 0.00556. The molecule has 1 unspecified atom stereocenters. The minimum absolute atomic E-state index is 0.00556. The molecule has 1 atom stereocenters. The van der Waals surface area contributed by atoms with E-state index in [1.807, 2.05) is 42.8 Å². The average Bonchev–Trinajstić information content (AvgIpc) is 2.97. The number of hydrogen-bond acceptors (Lipinski definition) is 5. The number of aromatic nitrogens is 4. The molecule has 18 heavy (non-hydrogen) atoms. The number of hydrogen-bond donors (Lipinski definition) is 1. The van der Waals surface area contributed by atoms with Gasteiger partial charge in [-0.3, -0.25) is 0 Å². The molecular formula is C12H13N5O. The Labute approximate surface area is 104 Å². The van der Waals surface area contributed by atoms with E-state index < -0.39 is 0 Å². The lowest BCUT2D eigenvalue weighted by atomic mass is 10.2. The van der Waals surface area contributed by atoms with E-state index >= 15 is 0 Å². The van der Waals surface area contributed by atoms with Crippen LogP contribution in [-0.4, -0.2) is 19.9 Å². The molecule has 0 amide bonds. The van der Waals surface area contributed by atoms with Crippen LogP contribution in [0.5, 0.6) is 0 Å². The van der Waals surface area contributed by atoms with Gasteiger partial charge in [0.05, 0.1) is 11.4 Å². The second-order valence-corrected chi connectivity index (χ2v) is 4.19. The third-order valence-electron chi connectivity index (χ3n) is 2.86. The van der Waals surface area contributed by atoms with Gasteiger partial charge in [0.2, 0.25) is 0 Å². The number of benzene rings is 1. The van der Waals surface area contributed by atoms with E-state index in [4.69, 9.17) is 4.52 Å².